The van der Waals surface area contributed by atoms with Crippen molar-refractivity contribution in [1.82, 2.24) is 14.7 Å². The van der Waals surface area contributed by atoms with Crippen LogP contribution in [0.1, 0.15) is 55.5 Å². The molecule has 0 aliphatic carbocycles. The van der Waals surface area contributed by atoms with E-state index < -0.39 is 11.6 Å². The van der Waals surface area contributed by atoms with Gasteiger partial charge in [-0.1, -0.05) is 12.1 Å². The van der Waals surface area contributed by atoms with Gasteiger partial charge in [0.15, 0.2) is 0 Å². The van der Waals surface area contributed by atoms with Gasteiger partial charge in [-0.25, -0.2) is 9.59 Å². The van der Waals surface area contributed by atoms with Crippen LogP contribution in [-0.2, 0) is 9.53 Å². The minimum atomic E-state index is -0.963. The van der Waals surface area contributed by atoms with Crippen LogP contribution in [0.2, 0.25) is 0 Å². The van der Waals surface area contributed by atoms with Gasteiger partial charge >= 0.3 is 12.1 Å². The topological polar surface area (TPSA) is 90.4 Å². The van der Waals surface area contributed by atoms with E-state index in [1.54, 1.807) is 29.2 Å². The lowest BCUT2D eigenvalue weighted by Crippen LogP contribution is -2.52. The van der Waals surface area contributed by atoms with Crippen LogP contribution in [0, 0.1) is 0 Å². The highest BCUT2D eigenvalue weighted by molar-refractivity contribution is 5.88. The molecule has 0 aromatic heterocycles. The zero-order valence-corrected chi connectivity index (χ0v) is 18.7. The fourth-order valence-corrected chi connectivity index (χ4v) is 4.07. The Balaban J connectivity index is 1.48. The first-order valence-corrected chi connectivity index (χ1v) is 11.0. The molecule has 0 saturated carbocycles. The average molecular weight is 432 g/mol. The molecular formula is C23H33N3O5. The molecule has 2 fully saturated rings. The van der Waals surface area contributed by atoms with Gasteiger partial charge in [-0.3, -0.25) is 9.69 Å². The predicted octanol–water partition coefficient (Wildman–Crippen LogP) is 2.64. The minimum Gasteiger partial charge on any atom is -0.478 e. The van der Waals surface area contributed by atoms with Gasteiger partial charge in [0.2, 0.25) is 5.91 Å². The normalized spacial score (nSPS) is 20.6. The average Bonchev–Trinajstić information content (AvgIpc) is 2.72. The van der Waals surface area contributed by atoms with Crippen molar-refractivity contribution >= 4 is 18.0 Å². The zero-order chi connectivity index (χ0) is 22.6. The molecule has 0 bridgehead atoms. The molecule has 1 unspecified atom stereocenters. The van der Waals surface area contributed by atoms with E-state index in [0.717, 1.165) is 44.6 Å². The van der Waals surface area contributed by atoms with E-state index >= 15 is 0 Å². The van der Waals surface area contributed by atoms with E-state index in [1.165, 1.54) is 0 Å². The number of aromatic carboxylic acids is 1. The summed E-state index contributed by atoms with van der Waals surface area (Å²) in [6.07, 6.45) is 1.45. The highest BCUT2D eigenvalue weighted by atomic mass is 16.6. The van der Waals surface area contributed by atoms with Crippen molar-refractivity contribution in [2.45, 2.75) is 45.1 Å². The maximum absolute atomic E-state index is 13.0. The van der Waals surface area contributed by atoms with E-state index in [-0.39, 0.29) is 23.5 Å². The van der Waals surface area contributed by atoms with Gasteiger partial charge in [0.05, 0.1) is 11.5 Å². The quantitative estimate of drug-likeness (QED) is 0.771. The summed E-state index contributed by atoms with van der Waals surface area (Å²) in [7, 11) is 0. The number of nitrogens with zero attached hydrogens (tertiary/aromatic N) is 3. The van der Waals surface area contributed by atoms with Gasteiger partial charge < -0.3 is 19.6 Å². The van der Waals surface area contributed by atoms with E-state index in [1.807, 2.05) is 25.7 Å². The maximum Gasteiger partial charge on any atom is 0.410 e. The van der Waals surface area contributed by atoms with Crippen LogP contribution in [-0.4, -0.2) is 89.2 Å². The molecule has 2 heterocycles. The van der Waals surface area contributed by atoms with Crippen molar-refractivity contribution in [3.05, 3.63) is 35.4 Å². The molecule has 0 radical (unpaired) electrons. The number of likely N-dealkylation sites (tertiary alicyclic amines) is 1. The molecule has 3 rings (SSSR count). The van der Waals surface area contributed by atoms with Crippen molar-refractivity contribution in [1.29, 1.82) is 0 Å². The van der Waals surface area contributed by atoms with E-state index in [9.17, 15) is 14.4 Å². The maximum atomic E-state index is 13.0. The number of rotatable bonds is 5. The number of carbonyl (C=O) groups is 3. The summed E-state index contributed by atoms with van der Waals surface area (Å²) in [6.45, 7) is 10.6. The molecule has 170 valence electrons. The molecule has 8 nitrogen and oxygen atoms in total. The second-order valence-corrected chi connectivity index (χ2v) is 9.26. The molecule has 2 aliphatic heterocycles. The fraction of sp³-hybridized carbons (Fsp3) is 0.609. The molecule has 1 atom stereocenters. The van der Waals surface area contributed by atoms with E-state index in [0.29, 0.717) is 19.6 Å². The number of piperidine rings is 1. The summed E-state index contributed by atoms with van der Waals surface area (Å²) in [5, 5.41) is 9.06. The molecule has 8 heteroatoms. The molecule has 1 N–H and O–H groups in total. The van der Waals surface area contributed by atoms with Crippen LogP contribution >= 0.6 is 0 Å². The Kier molecular flexibility index (Phi) is 7.20. The van der Waals surface area contributed by atoms with Gasteiger partial charge in [-0.15, -0.1) is 0 Å². The van der Waals surface area contributed by atoms with Gasteiger partial charge in [0, 0.05) is 45.8 Å². The molecule has 1 aromatic rings. The first kappa shape index (κ1) is 23.1. The third-order valence-electron chi connectivity index (χ3n) is 5.80. The summed E-state index contributed by atoms with van der Waals surface area (Å²) in [4.78, 5) is 42.2. The lowest BCUT2D eigenvalue weighted by molar-refractivity contribution is -0.135. The zero-order valence-electron chi connectivity index (χ0n) is 18.7. The van der Waals surface area contributed by atoms with E-state index in [2.05, 4.69) is 4.90 Å². The van der Waals surface area contributed by atoms with Gasteiger partial charge in [-0.05, 0) is 51.3 Å². The first-order valence-electron chi connectivity index (χ1n) is 11.0. The third kappa shape index (κ3) is 6.19. The second-order valence-electron chi connectivity index (χ2n) is 9.26. The molecule has 0 spiro atoms. The van der Waals surface area contributed by atoms with E-state index in [4.69, 9.17) is 9.84 Å². The number of amides is 2. The molecule has 2 saturated heterocycles. The van der Waals surface area contributed by atoms with Gasteiger partial charge in [0.25, 0.3) is 0 Å². The van der Waals surface area contributed by atoms with Crippen molar-refractivity contribution in [3.8, 4) is 0 Å². The Morgan fingerprint density at radius 3 is 2.26 bits per heavy atom. The fourth-order valence-electron chi connectivity index (χ4n) is 4.07. The van der Waals surface area contributed by atoms with Gasteiger partial charge in [0.1, 0.15) is 5.60 Å². The standard InChI is InChI=1S/C23H33N3O5/c1-23(2,3)31-22(30)26-15-12-24(13-16-26)11-14-25-10-4-5-19(20(25)27)17-6-8-18(9-7-17)21(28)29/h6-9,19H,4-5,10-16H2,1-3H3,(H,28,29). The second kappa shape index (κ2) is 9.68. The van der Waals surface area contributed by atoms with Crippen LogP contribution in [0.5, 0.6) is 0 Å². The first-order chi connectivity index (χ1) is 14.6. The van der Waals surface area contributed by atoms with Crippen molar-refractivity contribution in [2.75, 3.05) is 45.8 Å². The number of ether oxygens (including phenoxy) is 1. The molecule has 31 heavy (non-hydrogen) atoms. The lowest BCUT2D eigenvalue weighted by atomic mass is 9.89. The summed E-state index contributed by atoms with van der Waals surface area (Å²) in [5.41, 5.74) is 0.618. The SMILES string of the molecule is CC(C)(C)OC(=O)N1CCN(CCN2CCCC(c3ccc(C(=O)O)cc3)C2=O)CC1. The smallest absolute Gasteiger partial charge is 0.410 e. The van der Waals surface area contributed by atoms with Crippen LogP contribution in [0.15, 0.2) is 24.3 Å². The monoisotopic (exact) mass is 431 g/mol. The Morgan fingerprint density at radius 2 is 1.68 bits per heavy atom. The lowest BCUT2D eigenvalue weighted by Gasteiger charge is -2.38. The van der Waals surface area contributed by atoms with Crippen molar-refractivity contribution in [2.24, 2.45) is 0 Å². The van der Waals surface area contributed by atoms with Crippen LogP contribution in [0.4, 0.5) is 4.79 Å². The minimum absolute atomic E-state index is 0.113. The largest absolute Gasteiger partial charge is 0.478 e. The highest BCUT2D eigenvalue weighted by Gasteiger charge is 2.31. The Bertz CT molecular complexity index is 794. The number of carboxylic acid groups (broad SMARTS) is 1. The highest BCUT2D eigenvalue weighted by Crippen LogP contribution is 2.28. The predicted molar refractivity (Wildman–Crippen MR) is 116 cm³/mol. The van der Waals surface area contributed by atoms with Crippen LogP contribution < -0.4 is 0 Å². The number of hydrogen-bond donors (Lipinski definition) is 1. The third-order valence-corrected chi connectivity index (χ3v) is 5.80. The van der Waals surface area contributed by atoms with Crippen molar-refractivity contribution < 1.29 is 24.2 Å². The Labute approximate surface area is 183 Å². The number of benzene rings is 1. The summed E-state index contributed by atoms with van der Waals surface area (Å²) >= 11 is 0. The number of piperazine rings is 1. The number of carboxylic acids is 1. The van der Waals surface area contributed by atoms with Gasteiger partial charge in [-0.2, -0.15) is 0 Å². The summed E-state index contributed by atoms with van der Waals surface area (Å²) in [5.74, 6) is -1.06. The summed E-state index contributed by atoms with van der Waals surface area (Å²) < 4.78 is 5.44. The molecular weight excluding hydrogens is 398 g/mol. The Hall–Kier alpha value is -2.61. The number of carbonyl (C=O) groups excluding carboxylic acids is 2. The van der Waals surface area contributed by atoms with Crippen LogP contribution in [0.25, 0.3) is 0 Å². The number of hydrogen-bond acceptors (Lipinski definition) is 5. The van der Waals surface area contributed by atoms with Crippen LogP contribution in [0.3, 0.4) is 0 Å². The molecule has 1 aromatic carbocycles. The Morgan fingerprint density at radius 1 is 1.03 bits per heavy atom. The van der Waals surface area contributed by atoms with Crippen molar-refractivity contribution in [3.63, 3.8) is 0 Å². The molecule has 2 amide bonds. The summed E-state index contributed by atoms with van der Waals surface area (Å²) in [6, 6.07) is 6.64. The molecule has 2 aliphatic rings.